The molecule has 0 heterocycles. The van der Waals surface area contributed by atoms with Crippen LogP contribution in [0.3, 0.4) is 0 Å². The lowest BCUT2D eigenvalue weighted by atomic mass is 10.2. The van der Waals surface area contributed by atoms with Gasteiger partial charge in [0.15, 0.2) is 0 Å². The first-order valence-electron chi connectivity index (χ1n) is 5.75. The van der Waals surface area contributed by atoms with Gasteiger partial charge in [0.25, 0.3) is 0 Å². The molecule has 0 atom stereocenters. The van der Waals surface area contributed by atoms with Gasteiger partial charge in [0.2, 0.25) is 0 Å². The molecule has 0 aliphatic heterocycles. The van der Waals surface area contributed by atoms with E-state index in [0.717, 1.165) is 0 Å². The van der Waals surface area contributed by atoms with E-state index in [1.54, 1.807) is 6.92 Å². The van der Waals surface area contributed by atoms with Gasteiger partial charge in [-0.05, 0) is 64.8 Å². The smallest absolute Gasteiger partial charge is 0.308 e. The third-order valence-corrected chi connectivity index (χ3v) is 3.23. The number of rotatable bonds is 2. The molecule has 0 bridgehead atoms. The average Bonchev–Trinajstić information content (AvgIpc) is 2.39. The Balaban J connectivity index is 2.08. The average molecular weight is 341 g/mol. The highest BCUT2D eigenvalue weighted by atomic mass is 79.9. The van der Waals surface area contributed by atoms with Crippen molar-refractivity contribution in [3.8, 4) is 0 Å². The molecular formula is C14H11BrF2N2O. The summed E-state index contributed by atoms with van der Waals surface area (Å²) >= 11 is 3.06. The first-order valence-corrected chi connectivity index (χ1v) is 6.54. The molecule has 0 spiro atoms. The monoisotopic (exact) mass is 340 g/mol. The molecular weight excluding hydrogens is 330 g/mol. The molecule has 0 unspecified atom stereocenters. The molecule has 0 radical (unpaired) electrons. The Morgan fingerprint density at radius 2 is 1.75 bits per heavy atom. The number of carbonyl (C=O) groups excluding carboxylic acids is 1. The zero-order chi connectivity index (χ0) is 14.7. The number of halogens is 3. The van der Waals surface area contributed by atoms with Gasteiger partial charge in [-0.2, -0.15) is 0 Å². The molecule has 20 heavy (non-hydrogen) atoms. The maximum Gasteiger partial charge on any atom is 0.323 e. The second-order valence-electron chi connectivity index (χ2n) is 4.17. The van der Waals surface area contributed by atoms with E-state index in [4.69, 9.17) is 0 Å². The molecule has 0 fully saturated rings. The van der Waals surface area contributed by atoms with Crippen LogP contribution in [0.1, 0.15) is 5.56 Å². The number of hydrogen-bond acceptors (Lipinski definition) is 1. The molecule has 0 aliphatic carbocycles. The number of hydrogen-bond donors (Lipinski definition) is 2. The van der Waals surface area contributed by atoms with Gasteiger partial charge in [-0.1, -0.05) is 0 Å². The van der Waals surface area contributed by atoms with Crippen LogP contribution in [0.2, 0.25) is 0 Å². The van der Waals surface area contributed by atoms with Crippen molar-refractivity contribution < 1.29 is 13.6 Å². The van der Waals surface area contributed by atoms with Crippen molar-refractivity contribution in [2.24, 2.45) is 0 Å². The standard InChI is InChI=1S/C14H11BrF2N2O/c1-8-6-12(17)11(15)7-13(8)19-14(20)18-10-4-2-9(16)3-5-10/h2-7H,1H3,(H2,18,19,20). The number of amides is 2. The molecule has 2 amide bonds. The highest BCUT2D eigenvalue weighted by molar-refractivity contribution is 9.10. The van der Waals surface area contributed by atoms with Crippen molar-refractivity contribution in [1.29, 1.82) is 0 Å². The van der Waals surface area contributed by atoms with Crippen molar-refractivity contribution in [2.75, 3.05) is 10.6 Å². The van der Waals surface area contributed by atoms with E-state index in [-0.39, 0.29) is 10.3 Å². The molecule has 2 rings (SSSR count). The quantitative estimate of drug-likeness (QED) is 0.818. The van der Waals surface area contributed by atoms with Crippen LogP contribution >= 0.6 is 15.9 Å². The predicted molar refractivity (Wildman–Crippen MR) is 77.9 cm³/mol. The largest absolute Gasteiger partial charge is 0.323 e. The SMILES string of the molecule is Cc1cc(F)c(Br)cc1NC(=O)Nc1ccc(F)cc1. The Labute approximate surface area is 123 Å². The van der Waals surface area contributed by atoms with Crippen LogP contribution < -0.4 is 10.6 Å². The summed E-state index contributed by atoms with van der Waals surface area (Å²) in [6, 6.07) is 7.69. The topological polar surface area (TPSA) is 41.1 Å². The van der Waals surface area contributed by atoms with Crippen LogP contribution in [0.5, 0.6) is 0 Å². The van der Waals surface area contributed by atoms with Gasteiger partial charge in [-0.15, -0.1) is 0 Å². The molecule has 2 aromatic carbocycles. The van der Waals surface area contributed by atoms with E-state index >= 15 is 0 Å². The van der Waals surface area contributed by atoms with Gasteiger partial charge in [0.05, 0.1) is 4.47 Å². The van der Waals surface area contributed by atoms with Gasteiger partial charge in [-0.25, -0.2) is 13.6 Å². The van der Waals surface area contributed by atoms with Gasteiger partial charge >= 0.3 is 6.03 Å². The van der Waals surface area contributed by atoms with Crippen LogP contribution in [0.15, 0.2) is 40.9 Å². The molecule has 2 aromatic rings. The molecule has 104 valence electrons. The van der Waals surface area contributed by atoms with Gasteiger partial charge in [0.1, 0.15) is 11.6 Å². The Bertz CT molecular complexity index is 644. The molecule has 0 aliphatic rings. The fraction of sp³-hybridized carbons (Fsp3) is 0.0714. The summed E-state index contributed by atoms with van der Waals surface area (Å²) in [5.41, 5.74) is 1.54. The minimum atomic E-state index is -0.488. The third kappa shape index (κ3) is 3.54. The first-order chi connectivity index (χ1) is 9.45. The summed E-state index contributed by atoms with van der Waals surface area (Å²) in [6.07, 6.45) is 0. The van der Waals surface area contributed by atoms with Crippen LogP contribution in [-0.2, 0) is 0 Å². The maximum absolute atomic E-state index is 13.3. The first kappa shape index (κ1) is 14.5. The second kappa shape index (κ2) is 6.00. The second-order valence-corrected chi connectivity index (χ2v) is 5.02. The van der Waals surface area contributed by atoms with Gasteiger partial charge in [-0.3, -0.25) is 0 Å². The van der Waals surface area contributed by atoms with Crippen molar-refractivity contribution in [3.63, 3.8) is 0 Å². The van der Waals surface area contributed by atoms with Crippen LogP contribution in [0.25, 0.3) is 0 Å². The minimum Gasteiger partial charge on any atom is -0.308 e. The minimum absolute atomic E-state index is 0.264. The molecule has 6 heteroatoms. The Morgan fingerprint density at radius 1 is 1.10 bits per heavy atom. The fourth-order valence-electron chi connectivity index (χ4n) is 1.60. The van der Waals surface area contributed by atoms with Crippen molar-refractivity contribution in [2.45, 2.75) is 6.92 Å². The van der Waals surface area contributed by atoms with E-state index in [0.29, 0.717) is 16.9 Å². The fourth-order valence-corrected chi connectivity index (χ4v) is 1.94. The van der Waals surface area contributed by atoms with Gasteiger partial charge in [0, 0.05) is 11.4 Å². The summed E-state index contributed by atoms with van der Waals surface area (Å²) in [4.78, 5) is 11.8. The summed E-state index contributed by atoms with van der Waals surface area (Å²) in [5, 5.41) is 5.15. The summed E-state index contributed by atoms with van der Waals surface area (Å²) in [6.45, 7) is 1.68. The van der Waals surface area contributed by atoms with E-state index in [1.807, 2.05) is 0 Å². The van der Waals surface area contributed by atoms with E-state index in [1.165, 1.54) is 36.4 Å². The molecule has 0 saturated carbocycles. The molecule has 0 saturated heterocycles. The lowest BCUT2D eigenvalue weighted by molar-refractivity contribution is 0.262. The number of benzene rings is 2. The Morgan fingerprint density at radius 3 is 2.40 bits per heavy atom. The molecule has 0 aromatic heterocycles. The van der Waals surface area contributed by atoms with Crippen molar-refractivity contribution in [1.82, 2.24) is 0 Å². The van der Waals surface area contributed by atoms with Crippen molar-refractivity contribution in [3.05, 3.63) is 58.1 Å². The lowest BCUT2D eigenvalue weighted by Gasteiger charge is -2.11. The third-order valence-electron chi connectivity index (χ3n) is 2.62. The van der Waals surface area contributed by atoms with E-state index < -0.39 is 11.8 Å². The van der Waals surface area contributed by atoms with E-state index in [9.17, 15) is 13.6 Å². The molecule has 3 nitrogen and oxygen atoms in total. The van der Waals surface area contributed by atoms with E-state index in [2.05, 4.69) is 26.6 Å². The lowest BCUT2D eigenvalue weighted by Crippen LogP contribution is -2.20. The number of urea groups is 1. The zero-order valence-electron chi connectivity index (χ0n) is 10.5. The Hall–Kier alpha value is -1.95. The van der Waals surface area contributed by atoms with Crippen LogP contribution in [-0.4, -0.2) is 6.03 Å². The van der Waals surface area contributed by atoms with Crippen molar-refractivity contribution >= 4 is 33.3 Å². The number of nitrogens with one attached hydrogen (secondary N) is 2. The summed E-state index contributed by atoms with van der Waals surface area (Å²) < 4.78 is 26.3. The summed E-state index contributed by atoms with van der Waals surface area (Å²) in [7, 11) is 0. The zero-order valence-corrected chi connectivity index (χ0v) is 12.1. The van der Waals surface area contributed by atoms with Gasteiger partial charge < -0.3 is 10.6 Å². The van der Waals surface area contributed by atoms with Crippen LogP contribution in [0, 0.1) is 18.6 Å². The summed E-state index contributed by atoms with van der Waals surface area (Å²) in [5.74, 6) is -0.777. The predicted octanol–water partition coefficient (Wildman–Crippen LogP) is 4.68. The van der Waals surface area contributed by atoms with Crippen LogP contribution in [0.4, 0.5) is 25.0 Å². The maximum atomic E-state index is 13.3. The normalized spacial score (nSPS) is 10.2. The highest BCUT2D eigenvalue weighted by Gasteiger charge is 2.08. The number of aryl methyl sites for hydroxylation is 1. The number of anilines is 2. The highest BCUT2D eigenvalue weighted by Crippen LogP contribution is 2.24. The number of carbonyl (C=O) groups is 1. The molecule has 2 N–H and O–H groups in total. The Kier molecular flexibility index (Phi) is 4.34.